The van der Waals surface area contributed by atoms with E-state index in [-0.39, 0.29) is 5.91 Å². The van der Waals surface area contributed by atoms with Crippen molar-refractivity contribution >= 4 is 34.6 Å². The van der Waals surface area contributed by atoms with Crippen molar-refractivity contribution in [3.05, 3.63) is 71.0 Å². The van der Waals surface area contributed by atoms with Crippen molar-refractivity contribution in [3.63, 3.8) is 0 Å². The zero-order valence-electron chi connectivity index (χ0n) is 15.7. The van der Waals surface area contributed by atoms with E-state index >= 15 is 0 Å². The Balaban J connectivity index is 1.70. The summed E-state index contributed by atoms with van der Waals surface area (Å²) in [5.74, 6) is 0.805. The number of anilines is 3. The molecule has 7 heteroatoms. The highest BCUT2D eigenvalue weighted by molar-refractivity contribution is 6.30. The van der Waals surface area contributed by atoms with E-state index < -0.39 is 0 Å². The second kappa shape index (κ2) is 8.63. The molecule has 0 saturated heterocycles. The maximum absolute atomic E-state index is 12.4. The van der Waals surface area contributed by atoms with E-state index in [1.807, 2.05) is 25.1 Å². The molecule has 6 nitrogen and oxygen atoms in total. The smallest absolute Gasteiger partial charge is 0.274 e. The summed E-state index contributed by atoms with van der Waals surface area (Å²) < 4.78 is 10.4. The molecule has 28 heavy (non-hydrogen) atoms. The third kappa shape index (κ3) is 4.53. The van der Waals surface area contributed by atoms with Gasteiger partial charge in [-0.1, -0.05) is 11.6 Å². The average molecular weight is 398 g/mol. The highest BCUT2D eigenvalue weighted by Crippen LogP contribution is 2.30. The zero-order chi connectivity index (χ0) is 20.1. The summed E-state index contributed by atoms with van der Waals surface area (Å²) in [4.78, 5) is 16.7. The molecular weight excluding hydrogens is 378 g/mol. The molecule has 0 saturated carbocycles. The SMILES string of the molecule is COc1ccc(NC(=O)c2ccc(Nc3ccc(Cl)cc3C)cn2)cc1OC. The van der Waals surface area contributed by atoms with Crippen LogP contribution in [0, 0.1) is 6.92 Å². The molecule has 0 radical (unpaired) electrons. The van der Waals surface area contributed by atoms with Crippen molar-refractivity contribution < 1.29 is 14.3 Å². The Morgan fingerprint density at radius 1 is 0.964 bits per heavy atom. The summed E-state index contributed by atoms with van der Waals surface area (Å²) in [6.07, 6.45) is 1.61. The van der Waals surface area contributed by atoms with E-state index in [1.54, 1.807) is 50.7 Å². The van der Waals surface area contributed by atoms with E-state index in [2.05, 4.69) is 15.6 Å². The normalized spacial score (nSPS) is 10.3. The summed E-state index contributed by atoms with van der Waals surface area (Å²) >= 11 is 5.98. The van der Waals surface area contributed by atoms with Gasteiger partial charge in [-0.3, -0.25) is 4.79 Å². The van der Waals surface area contributed by atoms with Crippen LogP contribution >= 0.6 is 11.6 Å². The molecule has 144 valence electrons. The molecule has 2 N–H and O–H groups in total. The zero-order valence-corrected chi connectivity index (χ0v) is 16.5. The highest BCUT2D eigenvalue weighted by atomic mass is 35.5. The summed E-state index contributed by atoms with van der Waals surface area (Å²) in [5, 5.41) is 6.74. The lowest BCUT2D eigenvalue weighted by atomic mass is 10.2. The molecule has 0 aliphatic heterocycles. The molecule has 3 aromatic rings. The molecule has 1 heterocycles. The van der Waals surface area contributed by atoms with Gasteiger partial charge >= 0.3 is 0 Å². The van der Waals surface area contributed by atoms with Gasteiger partial charge in [-0.2, -0.15) is 0 Å². The standard InChI is InChI=1S/C21H20ClN3O3/c1-13-10-14(22)4-7-17(13)24-16-5-8-18(23-12-16)21(26)25-15-6-9-19(27-2)20(11-15)28-3/h4-12,24H,1-3H3,(H,25,26). The third-order valence-corrected chi connectivity index (χ3v) is 4.34. The van der Waals surface area contributed by atoms with Crippen molar-refractivity contribution in [2.45, 2.75) is 6.92 Å². The molecule has 0 aliphatic rings. The van der Waals surface area contributed by atoms with E-state index in [0.717, 1.165) is 16.9 Å². The molecule has 0 bridgehead atoms. The Morgan fingerprint density at radius 2 is 1.71 bits per heavy atom. The van der Waals surface area contributed by atoms with Crippen molar-refractivity contribution in [2.75, 3.05) is 24.9 Å². The Morgan fingerprint density at radius 3 is 2.36 bits per heavy atom. The van der Waals surface area contributed by atoms with Crippen LogP contribution in [0.5, 0.6) is 11.5 Å². The minimum absolute atomic E-state index is 0.299. The summed E-state index contributed by atoms with van der Waals surface area (Å²) in [5.41, 5.74) is 3.60. The maximum atomic E-state index is 12.4. The number of amides is 1. The van der Waals surface area contributed by atoms with Gasteiger partial charge in [-0.05, 0) is 55.0 Å². The van der Waals surface area contributed by atoms with Crippen LogP contribution in [0.3, 0.4) is 0 Å². The first kappa shape index (κ1) is 19.5. The molecule has 0 atom stereocenters. The van der Waals surface area contributed by atoms with E-state index in [4.69, 9.17) is 21.1 Å². The second-order valence-electron chi connectivity index (χ2n) is 6.04. The monoisotopic (exact) mass is 397 g/mol. The number of nitrogens with zero attached hydrogens (tertiary/aromatic N) is 1. The fraction of sp³-hybridized carbons (Fsp3) is 0.143. The fourth-order valence-electron chi connectivity index (χ4n) is 2.63. The number of pyridine rings is 1. The molecule has 0 unspecified atom stereocenters. The van der Waals surface area contributed by atoms with Crippen LogP contribution in [0.4, 0.5) is 17.1 Å². The van der Waals surface area contributed by atoms with E-state index in [1.165, 1.54) is 0 Å². The molecular formula is C21H20ClN3O3. The minimum Gasteiger partial charge on any atom is -0.493 e. The summed E-state index contributed by atoms with van der Waals surface area (Å²) in [7, 11) is 3.10. The number of rotatable bonds is 6. The number of nitrogens with one attached hydrogen (secondary N) is 2. The summed E-state index contributed by atoms with van der Waals surface area (Å²) in [6, 6.07) is 14.2. The first-order valence-electron chi connectivity index (χ1n) is 8.53. The molecule has 0 spiro atoms. The Hall–Kier alpha value is -3.25. The van der Waals surface area contributed by atoms with Gasteiger partial charge in [0.25, 0.3) is 5.91 Å². The van der Waals surface area contributed by atoms with Gasteiger partial charge in [0.2, 0.25) is 0 Å². The number of carbonyl (C=O) groups excluding carboxylic acids is 1. The van der Waals surface area contributed by atoms with Gasteiger partial charge in [-0.25, -0.2) is 4.98 Å². The number of benzene rings is 2. The van der Waals surface area contributed by atoms with Crippen LogP contribution in [0.1, 0.15) is 16.1 Å². The molecule has 0 aliphatic carbocycles. The van der Waals surface area contributed by atoms with Crippen LogP contribution < -0.4 is 20.1 Å². The first-order chi connectivity index (χ1) is 13.5. The van der Waals surface area contributed by atoms with Gasteiger partial charge in [0.15, 0.2) is 11.5 Å². The topological polar surface area (TPSA) is 72.5 Å². The van der Waals surface area contributed by atoms with Crippen molar-refractivity contribution in [2.24, 2.45) is 0 Å². The fourth-order valence-corrected chi connectivity index (χ4v) is 2.86. The molecule has 3 rings (SSSR count). The van der Waals surface area contributed by atoms with Gasteiger partial charge in [0, 0.05) is 22.5 Å². The minimum atomic E-state index is -0.318. The number of hydrogen-bond acceptors (Lipinski definition) is 5. The van der Waals surface area contributed by atoms with Crippen molar-refractivity contribution in [1.82, 2.24) is 4.98 Å². The number of aryl methyl sites for hydroxylation is 1. The number of hydrogen-bond donors (Lipinski definition) is 2. The van der Waals surface area contributed by atoms with Gasteiger partial charge in [0.05, 0.1) is 26.1 Å². The molecule has 1 amide bonds. The van der Waals surface area contributed by atoms with Crippen LogP contribution in [-0.2, 0) is 0 Å². The average Bonchev–Trinajstić information content (AvgIpc) is 2.70. The van der Waals surface area contributed by atoms with Crippen LogP contribution in [-0.4, -0.2) is 25.1 Å². The predicted octanol–water partition coefficient (Wildman–Crippen LogP) is 5.06. The summed E-state index contributed by atoms with van der Waals surface area (Å²) in [6.45, 7) is 1.96. The highest BCUT2D eigenvalue weighted by Gasteiger charge is 2.11. The Bertz CT molecular complexity index is 991. The number of carbonyl (C=O) groups is 1. The van der Waals surface area contributed by atoms with Crippen LogP contribution in [0.15, 0.2) is 54.7 Å². The molecule has 2 aromatic carbocycles. The van der Waals surface area contributed by atoms with Crippen molar-refractivity contribution in [1.29, 1.82) is 0 Å². The third-order valence-electron chi connectivity index (χ3n) is 4.10. The maximum Gasteiger partial charge on any atom is 0.274 e. The Kier molecular flexibility index (Phi) is 6.01. The molecule has 0 fully saturated rings. The quantitative estimate of drug-likeness (QED) is 0.608. The first-order valence-corrected chi connectivity index (χ1v) is 8.90. The predicted molar refractivity (Wildman–Crippen MR) is 111 cm³/mol. The number of ether oxygens (including phenoxy) is 2. The van der Waals surface area contributed by atoms with Gasteiger partial charge in [0.1, 0.15) is 5.69 Å². The lowest BCUT2D eigenvalue weighted by Crippen LogP contribution is -2.13. The van der Waals surface area contributed by atoms with Gasteiger partial charge in [-0.15, -0.1) is 0 Å². The van der Waals surface area contributed by atoms with E-state index in [9.17, 15) is 4.79 Å². The number of aromatic nitrogens is 1. The number of methoxy groups -OCH3 is 2. The lowest BCUT2D eigenvalue weighted by Gasteiger charge is -2.11. The largest absolute Gasteiger partial charge is 0.493 e. The number of halogens is 1. The Labute approximate surface area is 168 Å². The molecule has 1 aromatic heterocycles. The second-order valence-corrected chi connectivity index (χ2v) is 6.48. The van der Waals surface area contributed by atoms with Crippen LogP contribution in [0.25, 0.3) is 0 Å². The van der Waals surface area contributed by atoms with Gasteiger partial charge < -0.3 is 20.1 Å². The lowest BCUT2D eigenvalue weighted by molar-refractivity contribution is 0.102. The van der Waals surface area contributed by atoms with Crippen LogP contribution in [0.2, 0.25) is 5.02 Å². The van der Waals surface area contributed by atoms with E-state index in [0.29, 0.717) is 27.9 Å². The van der Waals surface area contributed by atoms with Crippen molar-refractivity contribution in [3.8, 4) is 11.5 Å².